The molecule has 0 atom stereocenters. The van der Waals surface area contributed by atoms with Gasteiger partial charge in [-0.25, -0.2) is 4.98 Å². The average Bonchev–Trinajstić information content (AvgIpc) is 2.98. The van der Waals surface area contributed by atoms with E-state index in [-0.39, 0.29) is 0 Å². The Morgan fingerprint density at radius 3 is 2.81 bits per heavy atom. The number of hydrogen-bond acceptors (Lipinski definition) is 4. The van der Waals surface area contributed by atoms with Crippen molar-refractivity contribution in [2.45, 2.75) is 20.4 Å². The third kappa shape index (κ3) is 4.95. The van der Waals surface area contributed by atoms with Crippen molar-refractivity contribution in [1.82, 2.24) is 25.1 Å². The number of morpholine rings is 1. The van der Waals surface area contributed by atoms with Gasteiger partial charge in [0.25, 0.3) is 0 Å². The first-order chi connectivity index (χ1) is 12.8. The zero-order valence-corrected chi connectivity index (χ0v) is 15.9. The third-order valence-electron chi connectivity index (χ3n) is 4.61. The van der Waals surface area contributed by atoms with Crippen molar-refractivity contribution in [1.29, 1.82) is 0 Å². The maximum atomic E-state index is 5.38. The van der Waals surface area contributed by atoms with Crippen LogP contribution >= 0.6 is 0 Å². The fraction of sp³-hybridized carbons (Fsp3) is 0.579. The fourth-order valence-corrected chi connectivity index (χ4v) is 3.23. The molecular formula is C19H30N6O. The second kappa shape index (κ2) is 9.54. The molecule has 7 heteroatoms. The number of imidazole rings is 1. The van der Waals surface area contributed by atoms with Gasteiger partial charge in [0.1, 0.15) is 5.82 Å². The highest BCUT2D eigenvalue weighted by molar-refractivity contribution is 5.79. The van der Waals surface area contributed by atoms with Gasteiger partial charge >= 0.3 is 0 Å². The van der Waals surface area contributed by atoms with Crippen LogP contribution in [0.3, 0.4) is 0 Å². The SMILES string of the molecule is CCNC(=NCCN1CCOCC1)NCCn1c(C)nc2ccccc21. The highest BCUT2D eigenvalue weighted by Gasteiger charge is 2.09. The first-order valence-corrected chi connectivity index (χ1v) is 9.52. The molecule has 7 nitrogen and oxygen atoms in total. The molecule has 1 aliphatic rings. The van der Waals surface area contributed by atoms with Crippen LogP contribution in [-0.4, -0.2) is 72.9 Å². The summed E-state index contributed by atoms with van der Waals surface area (Å²) in [6.45, 7) is 12.1. The Bertz CT molecular complexity index is 720. The van der Waals surface area contributed by atoms with Crippen LogP contribution in [0.15, 0.2) is 29.3 Å². The van der Waals surface area contributed by atoms with Gasteiger partial charge in [0.05, 0.1) is 30.8 Å². The lowest BCUT2D eigenvalue weighted by molar-refractivity contribution is 0.0394. The van der Waals surface area contributed by atoms with Crippen LogP contribution < -0.4 is 10.6 Å². The van der Waals surface area contributed by atoms with Gasteiger partial charge in [-0.3, -0.25) is 9.89 Å². The van der Waals surface area contributed by atoms with Crippen LogP contribution in [0.1, 0.15) is 12.7 Å². The zero-order valence-electron chi connectivity index (χ0n) is 15.9. The van der Waals surface area contributed by atoms with Crippen LogP contribution in [0.2, 0.25) is 0 Å². The number of aromatic nitrogens is 2. The summed E-state index contributed by atoms with van der Waals surface area (Å²) in [6.07, 6.45) is 0. The maximum absolute atomic E-state index is 5.38. The van der Waals surface area contributed by atoms with Crippen LogP contribution in [-0.2, 0) is 11.3 Å². The second-order valence-corrected chi connectivity index (χ2v) is 6.44. The molecule has 3 rings (SSSR count). The van der Waals surface area contributed by atoms with E-state index in [1.165, 1.54) is 5.52 Å². The standard InChI is InChI=1S/C19H30N6O/c1-3-20-19(21-8-10-24-12-14-26-15-13-24)22-9-11-25-16(2)23-17-6-4-5-7-18(17)25/h4-7H,3,8-15H2,1-2H3,(H2,20,21,22). The normalized spacial score (nSPS) is 16.2. The average molecular weight is 358 g/mol. The Morgan fingerprint density at radius 1 is 1.19 bits per heavy atom. The number of para-hydroxylation sites is 2. The summed E-state index contributed by atoms with van der Waals surface area (Å²) in [5.74, 6) is 1.92. The van der Waals surface area contributed by atoms with Crippen LogP contribution in [0.5, 0.6) is 0 Å². The van der Waals surface area contributed by atoms with Crippen molar-refractivity contribution < 1.29 is 4.74 Å². The summed E-state index contributed by atoms with van der Waals surface area (Å²) in [4.78, 5) is 11.7. The number of aryl methyl sites for hydroxylation is 1. The Hall–Kier alpha value is -2.12. The lowest BCUT2D eigenvalue weighted by atomic mass is 10.3. The summed E-state index contributed by atoms with van der Waals surface area (Å²) in [5, 5.41) is 6.76. The highest BCUT2D eigenvalue weighted by atomic mass is 16.5. The predicted molar refractivity (Wildman–Crippen MR) is 106 cm³/mol. The molecule has 2 aromatic rings. The molecular weight excluding hydrogens is 328 g/mol. The maximum Gasteiger partial charge on any atom is 0.191 e. The zero-order chi connectivity index (χ0) is 18.2. The van der Waals surface area contributed by atoms with E-state index in [1.54, 1.807) is 0 Å². The van der Waals surface area contributed by atoms with Gasteiger partial charge in [-0.1, -0.05) is 12.1 Å². The Kier molecular flexibility index (Phi) is 6.85. The molecule has 1 fully saturated rings. The largest absolute Gasteiger partial charge is 0.379 e. The van der Waals surface area contributed by atoms with Gasteiger partial charge in [0.2, 0.25) is 0 Å². The minimum absolute atomic E-state index is 0.794. The van der Waals surface area contributed by atoms with E-state index in [9.17, 15) is 0 Å². The fourth-order valence-electron chi connectivity index (χ4n) is 3.23. The monoisotopic (exact) mass is 358 g/mol. The van der Waals surface area contributed by atoms with Crippen molar-refractivity contribution in [2.24, 2.45) is 4.99 Å². The van der Waals surface area contributed by atoms with E-state index in [0.29, 0.717) is 0 Å². The molecule has 2 heterocycles. The molecule has 26 heavy (non-hydrogen) atoms. The first kappa shape index (κ1) is 18.7. The molecule has 0 radical (unpaired) electrons. The van der Waals surface area contributed by atoms with Gasteiger partial charge in [0.15, 0.2) is 5.96 Å². The molecule has 1 aromatic heterocycles. The molecule has 0 bridgehead atoms. The highest BCUT2D eigenvalue weighted by Crippen LogP contribution is 2.14. The lowest BCUT2D eigenvalue weighted by Gasteiger charge is -2.25. The van der Waals surface area contributed by atoms with Crippen molar-refractivity contribution in [3.63, 3.8) is 0 Å². The quantitative estimate of drug-likeness (QED) is 0.576. The predicted octanol–water partition coefficient (Wildman–Crippen LogP) is 1.23. The van der Waals surface area contributed by atoms with E-state index < -0.39 is 0 Å². The molecule has 142 valence electrons. The second-order valence-electron chi connectivity index (χ2n) is 6.44. The summed E-state index contributed by atoms with van der Waals surface area (Å²) in [7, 11) is 0. The van der Waals surface area contributed by atoms with Crippen LogP contribution in [0.25, 0.3) is 11.0 Å². The number of benzene rings is 1. The van der Waals surface area contributed by atoms with E-state index in [4.69, 9.17) is 9.73 Å². The Morgan fingerprint density at radius 2 is 2.00 bits per heavy atom. The molecule has 2 N–H and O–H groups in total. The molecule has 0 amide bonds. The van der Waals surface area contributed by atoms with E-state index in [0.717, 1.165) is 76.3 Å². The number of aliphatic imine (C=N–C) groups is 1. The number of hydrogen-bond donors (Lipinski definition) is 2. The number of rotatable bonds is 7. The molecule has 0 spiro atoms. The minimum atomic E-state index is 0.794. The molecule has 1 aromatic carbocycles. The number of fused-ring (bicyclic) bond motifs is 1. The van der Waals surface area contributed by atoms with E-state index >= 15 is 0 Å². The van der Waals surface area contributed by atoms with Gasteiger partial charge in [-0.05, 0) is 26.0 Å². The molecule has 1 saturated heterocycles. The number of nitrogens with zero attached hydrogens (tertiary/aromatic N) is 4. The topological polar surface area (TPSA) is 66.7 Å². The van der Waals surface area contributed by atoms with Gasteiger partial charge in [0, 0.05) is 39.3 Å². The first-order valence-electron chi connectivity index (χ1n) is 9.52. The molecule has 0 unspecified atom stereocenters. The molecule has 0 saturated carbocycles. The minimum Gasteiger partial charge on any atom is -0.379 e. The van der Waals surface area contributed by atoms with Crippen LogP contribution in [0, 0.1) is 6.92 Å². The summed E-state index contributed by atoms with van der Waals surface area (Å²) < 4.78 is 7.63. The summed E-state index contributed by atoms with van der Waals surface area (Å²) in [5.41, 5.74) is 2.23. The van der Waals surface area contributed by atoms with Crippen molar-refractivity contribution >= 4 is 17.0 Å². The van der Waals surface area contributed by atoms with Gasteiger partial charge in [-0.2, -0.15) is 0 Å². The van der Waals surface area contributed by atoms with E-state index in [1.807, 2.05) is 6.07 Å². The van der Waals surface area contributed by atoms with Crippen LogP contribution in [0.4, 0.5) is 0 Å². The Labute approximate surface area is 155 Å². The number of ether oxygens (including phenoxy) is 1. The smallest absolute Gasteiger partial charge is 0.191 e. The Balaban J connectivity index is 1.51. The van der Waals surface area contributed by atoms with Crippen molar-refractivity contribution in [3.05, 3.63) is 30.1 Å². The summed E-state index contributed by atoms with van der Waals surface area (Å²) >= 11 is 0. The lowest BCUT2D eigenvalue weighted by Crippen LogP contribution is -2.41. The van der Waals surface area contributed by atoms with E-state index in [2.05, 4.69) is 57.1 Å². The number of nitrogens with one attached hydrogen (secondary N) is 2. The van der Waals surface area contributed by atoms with Gasteiger partial charge in [-0.15, -0.1) is 0 Å². The van der Waals surface area contributed by atoms with Gasteiger partial charge < -0.3 is 19.9 Å². The third-order valence-corrected chi connectivity index (χ3v) is 4.61. The number of guanidine groups is 1. The van der Waals surface area contributed by atoms with Crippen molar-refractivity contribution in [3.8, 4) is 0 Å². The molecule has 0 aliphatic carbocycles. The molecule has 1 aliphatic heterocycles. The summed E-state index contributed by atoms with van der Waals surface area (Å²) in [6, 6.07) is 8.27. The van der Waals surface area contributed by atoms with Crippen molar-refractivity contribution in [2.75, 3.05) is 52.5 Å².